The van der Waals surface area contributed by atoms with Crippen molar-refractivity contribution in [2.24, 2.45) is 17.6 Å². The number of aliphatic hydroxyl groups excluding tert-OH is 1. The molecule has 10 heteroatoms. The molecular formula is C28H31Cl2FN6O. The molecule has 1 aromatic heterocycles. The molecule has 0 bridgehead atoms. The first-order chi connectivity index (χ1) is 18.2. The molecule has 2 fully saturated rings. The lowest BCUT2D eigenvalue weighted by Crippen LogP contribution is -2.34. The summed E-state index contributed by atoms with van der Waals surface area (Å²) in [5.41, 5.74) is 13.9. The van der Waals surface area contributed by atoms with Gasteiger partial charge >= 0.3 is 0 Å². The van der Waals surface area contributed by atoms with E-state index in [1.54, 1.807) is 36.4 Å². The average Bonchev–Trinajstić information content (AvgIpc) is 3.58. The molecule has 2 heterocycles. The van der Waals surface area contributed by atoms with Gasteiger partial charge in [0.15, 0.2) is 11.6 Å². The number of piperidine rings is 1. The van der Waals surface area contributed by atoms with Gasteiger partial charge in [0.2, 0.25) is 0 Å². The molecule has 3 unspecified atom stereocenters. The van der Waals surface area contributed by atoms with Crippen LogP contribution in [0.3, 0.4) is 0 Å². The Morgan fingerprint density at radius 1 is 1.26 bits per heavy atom. The van der Waals surface area contributed by atoms with Crippen LogP contribution in [0.25, 0.3) is 0 Å². The second-order valence-electron chi connectivity index (χ2n) is 9.47. The summed E-state index contributed by atoms with van der Waals surface area (Å²) < 4.78 is 14.0. The molecule has 200 valence electrons. The number of anilines is 2. The minimum Gasteiger partial charge on any atom is -0.390 e. The summed E-state index contributed by atoms with van der Waals surface area (Å²) >= 11 is 12.4. The van der Waals surface area contributed by atoms with E-state index in [0.29, 0.717) is 47.7 Å². The number of hydrogen-bond acceptors (Lipinski definition) is 7. The van der Waals surface area contributed by atoms with Crippen LogP contribution in [0, 0.1) is 23.1 Å². The molecule has 0 amide bonds. The first kappa shape index (κ1) is 28.0. The highest BCUT2D eigenvalue weighted by atomic mass is 35.5. The summed E-state index contributed by atoms with van der Waals surface area (Å²) in [6, 6.07) is 11.6. The van der Waals surface area contributed by atoms with E-state index in [1.165, 1.54) is 6.07 Å². The fourth-order valence-corrected chi connectivity index (χ4v) is 6.03. The van der Waals surface area contributed by atoms with Crippen molar-refractivity contribution in [3.63, 3.8) is 0 Å². The van der Waals surface area contributed by atoms with Gasteiger partial charge in [-0.15, -0.1) is 6.58 Å². The lowest BCUT2D eigenvalue weighted by atomic mass is 9.91. The lowest BCUT2D eigenvalue weighted by Gasteiger charge is -2.29. The van der Waals surface area contributed by atoms with Crippen molar-refractivity contribution in [2.75, 3.05) is 30.3 Å². The molecule has 2 aliphatic rings. The molecule has 0 radical (unpaired) electrons. The van der Waals surface area contributed by atoms with Crippen molar-refractivity contribution in [2.45, 2.75) is 25.4 Å². The fourth-order valence-electron chi connectivity index (χ4n) is 5.64. The molecule has 38 heavy (non-hydrogen) atoms. The highest BCUT2D eigenvalue weighted by Gasteiger charge is 2.65. The molecule has 6 N–H and O–H groups in total. The highest BCUT2D eigenvalue weighted by molar-refractivity contribution is 6.44. The zero-order chi connectivity index (χ0) is 27.6. The van der Waals surface area contributed by atoms with Crippen molar-refractivity contribution >= 4 is 40.5 Å². The standard InChI is InChI=1S/C25H25Cl2FN6O.C3H6/c26-18-6-2-5-15(20(18)27)21(30)22-23(31)33-24(19(11-35)32-22)34-8-7-16-17(10-34)25(16,12-29)13-3-1-4-14(28)9-13;1-3-2/h1-6,9,16-17,30,35H,7-8,10-12,29H2,(H2,31,33);3H,1H2,2H3. The average molecular weight is 558 g/mol. The topological polar surface area (TPSA) is 125 Å². The van der Waals surface area contributed by atoms with E-state index in [-0.39, 0.29) is 46.0 Å². The minimum absolute atomic E-state index is 0.0297. The number of fused-ring (bicyclic) bond motifs is 1. The first-order valence-corrected chi connectivity index (χ1v) is 13.1. The van der Waals surface area contributed by atoms with Crippen LogP contribution in [0.1, 0.15) is 35.9 Å². The van der Waals surface area contributed by atoms with Crippen LogP contribution in [0.2, 0.25) is 10.0 Å². The molecule has 2 aromatic carbocycles. The van der Waals surface area contributed by atoms with Crippen molar-refractivity contribution in [1.82, 2.24) is 9.97 Å². The SMILES string of the molecule is C=CC.N=C(c1cccc(Cl)c1Cl)c1nc(CO)c(N2CCC3C(C2)C3(CN)c2cccc(F)c2)nc1N. The van der Waals surface area contributed by atoms with E-state index < -0.39 is 0 Å². The molecule has 1 saturated heterocycles. The molecule has 0 spiro atoms. The zero-order valence-corrected chi connectivity index (χ0v) is 22.6. The van der Waals surface area contributed by atoms with Gasteiger partial charge in [0.25, 0.3) is 0 Å². The third-order valence-corrected chi connectivity index (χ3v) is 8.23. The maximum atomic E-state index is 14.0. The number of hydrogen-bond donors (Lipinski definition) is 4. The molecule has 1 aliphatic heterocycles. The molecule has 3 aromatic rings. The van der Waals surface area contributed by atoms with Gasteiger partial charge in [0.1, 0.15) is 17.2 Å². The summed E-state index contributed by atoms with van der Waals surface area (Å²) in [4.78, 5) is 11.1. The third kappa shape index (κ3) is 4.89. The van der Waals surface area contributed by atoms with Gasteiger partial charge in [-0.3, -0.25) is 5.41 Å². The van der Waals surface area contributed by atoms with Crippen LogP contribution >= 0.6 is 23.2 Å². The maximum absolute atomic E-state index is 14.0. The Morgan fingerprint density at radius 2 is 1.97 bits per heavy atom. The fraction of sp³-hybridized carbons (Fsp3) is 0.321. The first-order valence-electron chi connectivity index (χ1n) is 12.3. The van der Waals surface area contributed by atoms with Crippen molar-refractivity contribution in [1.29, 1.82) is 5.41 Å². The van der Waals surface area contributed by atoms with Crippen LogP contribution in [0.4, 0.5) is 16.0 Å². The molecule has 1 aliphatic carbocycles. The largest absolute Gasteiger partial charge is 0.390 e. The van der Waals surface area contributed by atoms with Crippen molar-refractivity contribution in [3.05, 3.63) is 93.5 Å². The number of allylic oxidation sites excluding steroid dienone is 1. The van der Waals surface area contributed by atoms with Crippen LogP contribution in [0.5, 0.6) is 0 Å². The smallest absolute Gasteiger partial charge is 0.155 e. The van der Waals surface area contributed by atoms with Gasteiger partial charge in [-0.1, -0.05) is 53.5 Å². The summed E-state index contributed by atoms with van der Waals surface area (Å²) in [6.07, 6.45) is 2.60. The van der Waals surface area contributed by atoms with Gasteiger partial charge < -0.3 is 21.5 Å². The van der Waals surface area contributed by atoms with E-state index >= 15 is 0 Å². The summed E-state index contributed by atoms with van der Waals surface area (Å²) in [6.45, 7) is 6.62. The maximum Gasteiger partial charge on any atom is 0.155 e. The van der Waals surface area contributed by atoms with Crippen molar-refractivity contribution in [3.8, 4) is 0 Å². The van der Waals surface area contributed by atoms with E-state index in [4.69, 9.17) is 40.1 Å². The number of rotatable bonds is 6. The Labute approximate surface area is 231 Å². The monoisotopic (exact) mass is 556 g/mol. The number of benzene rings is 2. The van der Waals surface area contributed by atoms with E-state index in [9.17, 15) is 9.50 Å². The minimum atomic E-state index is -0.372. The Kier molecular flexibility index (Phi) is 8.37. The Hall–Kier alpha value is -3.04. The summed E-state index contributed by atoms with van der Waals surface area (Å²) in [5, 5.41) is 19.2. The van der Waals surface area contributed by atoms with E-state index in [2.05, 4.69) is 16.5 Å². The number of halogens is 3. The van der Waals surface area contributed by atoms with Crippen LogP contribution in [0.15, 0.2) is 55.1 Å². The predicted octanol–water partition coefficient (Wildman–Crippen LogP) is 4.96. The van der Waals surface area contributed by atoms with Gasteiger partial charge in [-0.05, 0) is 48.9 Å². The second kappa shape index (κ2) is 11.4. The number of nitrogens with zero attached hydrogens (tertiary/aromatic N) is 3. The lowest BCUT2D eigenvalue weighted by molar-refractivity contribution is 0.276. The third-order valence-electron chi connectivity index (χ3n) is 7.41. The quantitative estimate of drug-likeness (QED) is 0.251. The molecule has 7 nitrogen and oxygen atoms in total. The highest BCUT2D eigenvalue weighted by Crippen LogP contribution is 2.63. The number of aromatic nitrogens is 2. The zero-order valence-electron chi connectivity index (χ0n) is 21.1. The normalized spacial score (nSPS) is 21.7. The van der Waals surface area contributed by atoms with Gasteiger partial charge in [-0.2, -0.15) is 0 Å². The molecule has 1 saturated carbocycles. The predicted molar refractivity (Wildman–Crippen MR) is 152 cm³/mol. The van der Waals surface area contributed by atoms with Crippen LogP contribution in [-0.4, -0.2) is 40.4 Å². The Bertz CT molecular complexity index is 1370. The second-order valence-corrected chi connectivity index (χ2v) is 10.3. The Balaban J connectivity index is 0.00000107. The summed E-state index contributed by atoms with van der Waals surface area (Å²) in [7, 11) is 0. The van der Waals surface area contributed by atoms with Crippen LogP contribution < -0.4 is 16.4 Å². The molecule has 5 rings (SSSR count). The molecule has 3 atom stereocenters. The Morgan fingerprint density at radius 3 is 2.63 bits per heavy atom. The number of nitrogens with one attached hydrogen (secondary N) is 1. The number of nitrogen functional groups attached to an aromatic ring is 1. The van der Waals surface area contributed by atoms with E-state index in [0.717, 1.165) is 12.0 Å². The van der Waals surface area contributed by atoms with Crippen LogP contribution in [-0.2, 0) is 12.0 Å². The van der Waals surface area contributed by atoms with E-state index in [1.807, 2.05) is 17.9 Å². The summed E-state index contributed by atoms with van der Waals surface area (Å²) in [5.74, 6) is 0.849. The van der Waals surface area contributed by atoms with Gasteiger partial charge in [0, 0.05) is 30.6 Å². The van der Waals surface area contributed by atoms with Gasteiger partial charge in [-0.25, -0.2) is 14.4 Å². The van der Waals surface area contributed by atoms with Gasteiger partial charge in [0.05, 0.1) is 22.4 Å². The number of nitrogens with two attached hydrogens (primary N) is 2. The molecular weight excluding hydrogens is 526 g/mol. The number of aliphatic hydroxyl groups is 1. The van der Waals surface area contributed by atoms with Crippen molar-refractivity contribution < 1.29 is 9.50 Å².